The van der Waals surface area contributed by atoms with Crippen molar-refractivity contribution in [3.63, 3.8) is 0 Å². The van der Waals surface area contributed by atoms with Gasteiger partial charge in [-0.3, -0.25) is 0 Å². The summed E-state index contributed by atoms with van der Waals surface area (Å²) in [5.74, 6) is -1.86. The Kier molecular flexibility index (Phi) is 6.60. The first kappa shape index (κ1) is 15.4. The molecule has 0 bridgehead atoms. The molecular weight excluding hydrogens is 206 g/mol. The Morgan fingerprint density at radius 3 is 2.25 bits per heavy atom. The molecule has 2 atom stereocenters. The molecule has 0 fully saturated rings. The van der Waals surface area contributed by atoms with Gasteiger partial charge in [0.2, 0.25) is 0 Å². The second-order valence-corrected chi connectivity index (χ2v) is 5.46. The molecule has 0 saturated carbocycles. The fraction of sp³-hybridized carbons (Fsp3) is 0.917. The molecule has 2 unspecified atom stereocenters. The van der Waals surface area contributed by atoms with Crippen molar-refractivity contribution in [2.45, 2.75) is 38.7 Å². The average molecular weight is 231 g/mol. The SMILES string of the molecule is CCCCCC(C(=O)[O-])C(O)C[N+](C)(C)C. The third-order valence-electron chi connectivity index (χ3n) is 2.62. The predicted octanol–water partition coefficient (Wildman–Crippen LogP) is -0.0001000. The van der Waals surface area contributed by atoms with Gasteiger partial charge in [-0.1, -0.05) is 26.2 Å². The van der Waals surface area contributed by atoms with E-state index in [0.29, 0.717) is 17.4 Å². The number of carboxylic acid groups (broad SMARTS) is 1. The number of hydrogen-bond donors (Lipinski definition) is 1. The van der Waals surface area contributed by atoms with Crippen molar-refractivity contribution in [2.75, 3.05) is 27.7 Å². The molecule has 0 saturated heterocycles. The third-order valence-corrected chi connectivity index (χ3v) is 2.62. The fourth-order valence-electron chi connectivity index (χ4n) is 1.77. The number of carbonyl (C=O) groups excluding carboxylic acids is 1. The molecule has 16 heavy (non-hydrogen) atoms. The van der Waals surface area contributed by atoms with E-state index < -0.39 is 18.0 Å². The van der Waals surface area contributed by atoms with Gasteiger partial charge >= 0.3 is 0 Å². The molecule has 0 aliphatic rings. The minimum atomic E-state index is -1.13. The summed E-state index contributed by atoms with van der Waals surface area (Å²) in [6, 6.07) is 0. The van der Waals surface area contributed by atoms with E-state index in [0.717, 1.165) is 19.3 Å². The van der Waals surface area contributed by atoms with Crippen LogP contribution in [0.15, 0.2) is 0 Å². The first-order valence-electron chi connectivity index (χ1n) is 5.97. The Hall–Kier alpha value is -0.610. The summed E-state index contributed by atoms with van der Waals surface area (Å²) in [5.41, 5.74) is 0. The molecule has 0 heterocycles. The number of hydrogen-bond acceptors (Lipinski definition) is 3. The number of likely N-dealkylation sites (N-methyl/N-ethyl adjacent to an activating group) is 1. The van der Waals surface area contributed by atoms with Crippen LogP contribution in [0.3, 0.4) is 0 Å². The monoisotopic (exact) mass is 231 g/mol. The number of unbranched alkanes of at least 4 members (excludes halogenated alkanes) is 2. The lowest BCUT2D eigenvalue weighted by atomic mass is 9.95. The Labute approximate surface area is 98.5 Å². The van der Waals surface area contributed by atoms with Crippen molar-refractivity contribution in [2.24, 2.45) is 5.92 Å². The van der Waals surface area contributed by atoms with Crippen LogP contribution in [0.1, 0.15) is 32.6 Å². The van der Waals surface area contributed by atoms with Crippen molar-refractivity contribution in [3.05, 3.63) is 0 Å². The summed E-state index contributed by atoms with van der Waals surface area (Å²) in [4.78, 5) is 10.9. The Bertz CT molecular complexity index is 211. The van der Waals surface area contributed by atoms with Crippen molar-refractivity contribution >= 4 is 5.97 Å². The van der Waals surface area contributed by atoms with Gasteiger partial charge in [0.15, 0.2) is 0 Å². The van der Waals surface area contributed by atoms with Gasteiger partial charge in [-0.2, -0.15) is 0 Å². The van der Waals surface area contributed by atoms with Crippen LogP contribution < -0.4 is 5.11 Å². The van der Waals surface area contributed by atoms with E-state index in [2.05, 4.69) is 6.92 Å². The van der Waals surface area contributed by atoms with Crippen LogP contribution in [-0.4, -0.2) is 49.4 Å². The standard InChI is InChI=1S/C12H25NO3/c1-5-6-7-8-10(12(15)16)11(14)9-13(2,3)4/h10-11,14H,5-9H2,1-4H3. The van der Waals surface area contributed by atoms with Crippen molar-refractivity contribution in [1.82, 2.24) is 0 Å². The fourth-order valence-corrected chi connectivity index (χ4v) is 1.77. The van der Waals surface area contributed by atoms with Gasteiger partial charge in [-0.05, 0) is 6.42 Å². The summed E-state index contributed by atoms with van der Waals surface area (Å²) in [6.07, 6.45) is 2.58. The molecule has 0 aromatic heterocycles. The number of carboxylic acids is 1. The van der Waals surface area contributed by atoms with Crippen LogP contribution in [0.5, 0.6) is 0 Å². The van der Waals surface area contributed by atoms with E-state index in [-0.39, 0.29) is 0 Å². The van der Waals surface area contributed by atoms with Gasteiger partial charge < -0.3 is 19.5 Å². The minimum absolute atomic E-state index is 0.435. The van der Waals surface area contributed by atoms with E-state index in [1.165, 1.54) is 0 Å². The number of aliphatic hydroxyl groups excluding tert-OH is 1. The zero-order chi connectivity index (χ0) is 12.8. The molecule has 0 aromatic rings. The first-order valence-corrected chi connectivity index (χ1v) is 5.97. The summed E-state index contributed by atoms with van der Waals surface area (Å²) >= 11 is 0. The largest absolute Gasteiger partial charge is 0.550 e. The maximum Gasteiger partial charge on any atom is 0.111 e. The van der Waals surface area contributed by atoms with Crippen LogP contribution in [0.25, 0.3) is 0 Å². The van der Waals surface area contributed by atoms with Crippen molar-refractivity contribution in [1.29, 1.82) is 0 Å². The zero-order valence-corrected chi connectivity index (χ0v) is 10.9. The highest BCUT2D eigenvalue weighted by molar-refractivity contribution is 5.68. The third kappa shape index (κ3) is 6.80. The quantitative estimate of drug-likeness (QED) is 0.472. The molecule has 0 rings (SSSR count). The maximum absolute atomic E-state index is 10.9. The maximum atomic E-state index is 10.9. The van der Waals surface area contributed by atoms with Crippen molar-refractivity contribution < 1.29 is 19.5 Å². The number of nitrogens with zero attached hydrogens (tertiary/aromatic N) is 1. The number of quaternary nitrogens is 1. The predicted molar refractivity (Wildman–Crippen MR) is 61.5 cm³/mol. The molecular formula is C12H25NO3. The number of aliphatic hydroxyl groups is 1. The molecule has 0 radical (unpaired) electrons. The van der Waals surface area contributed by atoms with Crippen LogP contribution >= 0.6 is 0 Å². The van der Waals surface area contributed by atoms with Gasteiger partial charge in [0.25, 0.3) is 0 Å². The molecule has 0 aliphatic heterocycles. The molecule has 0 aromatic carbocycles. The Balaban J connectivity index is 4.24. The van der Waals surface area contributed by atoms with E-state index in [9.17, 15) is 15.0 Å². The topological polar surface area (TPSA) is 60.4 Å². The van der Waals surface area contributed by atoms with Gasteiger partial charge in [0, 0.05) is 11.9 Å². The summed E-state index contributed by atoms with van der Waals surface area (Å²) in [6.45, 7) is 2.50. The molecule has 0 spiro atoms. The zero-order valence-electron chi connectivity index (χ0n) is 10.9. The normalized spacial score (nSPS) is 15.8. The first-order chi connectivity index (χ1) is 7.28. The van der Waals surface area contributed by atoms with E-state index in [1.807, 2.05) is 21.1 Å². The highest BCUT2D eigenvalue weighted by Crippen LogP contribution is 2.15. The highest BCUT2D eigenvalue weighted by atomic mass is 16.4. The summed E-state index contributed by atoms with van der Waals surface area (Å²) in [7, 11) is 5.80. The van der Waals surface area contributed by atoms with Gasteiger partial charge in [-0.15, -0.1) is 0 Å². The van der Waals surface area contributed by atoms with Crippen LogP contribution in [0, 0.1) is 5.92 Å². The Morgan fingerprint density at radius 1 is 1.31 bits per heavy atom. The highest BCUT2D eigenvalue weighted by Gasteiger charge is 2.25. The number of carbonyl (C=O) groups is 1. The number of aliphatic carboxylic acids is 1. The smallest absolute Gasteiger partial charge is 0.111 e. The summed E-state index contributed by atoms with van der Waals surface area (Å²) in [5, 5.41) is 20.8. The van der Waals surface area contributed by atoms with E-state index in [4.69, 9.17) is 0 Å². The van der Waals surface area contributed by atoms with Crippen LogP contribution in [0.4, 0.5) is 0 Å². The minimum Gasteiger partial charge on any atom is -0.550 e. The van der Waals surface area contributed by atoms with E-state index >= 15 is 0 Å². The van der Waals surface area contributed by atoms with Gasteiger partial charge in [-0.25, -0.2) is 0 Å². The molecule has 4 nitrogen and oxygen atoms in total. The lowest BCUT2D eigenvalue weighted by molar-refractivity contribution is -0.874. The molecule has 4 heteroatoms. The Morgan fingerprint density at radius 2 is 1.88 bits per heavy atom. The lowest BCUT2D eigenvalue weighted by Gasteiger charge is -2.31. The molecule has 0 aliphatic carbocycles. The average Bonchev–Trinajstić information content (AvgIpc) is 2.08. The van der Waals surface area contributed by atoms with Crippen LogP contribution in [-0.2, 0) is 4.79 Å². The molecule has 0 amide bonds. The second-order valence-electron chi connectivity index (χ2n) is 5.46. The second kappa shape index (κ2) is 6.86. The summed E-state index contributed by atoms with van der Waals surface area (Å²) < 4.78 is 0.554. The molecule has 1 N–H and O–H groups in total. The lowest BCUT2D eigenvalue weighted by Crippen LogP contribution is -2.48. The molecule has 96 valence electrons. The van der Waals surface area contributed by atoms with Gasteiger partial charge in [0.1, 0.15) is 12.6 Å². The number of rotatable bonds is 8. The van der Waals surface area contributed by atoms with E-state index in [1.54, 1.807) is 0 Å². The van der Waals surface area contributed by atoms with Crippen molar-refractivity contribution in [3.8, 4) is 0 Å². The van der Waals surface area contributed by atoms with Crippen LogP contribution in [0.2, 0.25) is 0 Å². The van der Waals surface area contributed by atoms with Gasteiger partial charge in [0.05, 0.1) is 21.1 Å².